The lowest BCUT2D eigenvalue weighted by atomic mass is 10.1. The van der Waals surface area contributed by atoms with Crippen LogP contribution in [0.25, 0.3) is 0 Å². The molecular formula is C23H26N2O6S. The summed E-state index contributed by atoms with van der Waals surface area (Å²) in [5, 5.41) is 2.56. The van der Waals surface area contributed by atoms with E-state index in [1.165, 1.54) is 22.7 Å². The molecule has 0 aliphatic rings. The molecule has 0 atom stereocenters. The van der Waals surface area contributed by atoms with Gasteiger partial charge in [0.1, 0.15) is 18.1 Å². The number of hydrogen-bond donors (Lipinski definition) is 1. The number of hydrogen-bond acceptors (Lipinski definition) is 6. The molecule has 8 nitrogen and oxygen atoms in total. The number of methoxy groups -OCH3 is 1. The second kappa shape index (κ2) is 10.9. The molecule has 1 heterocycles. The first-order valence-corrected chi connectivity index (χ1v) is 11.4. The minimum Gasteiger partial charge on any atom is -0.491 e. The smallest absolute Gasteiger partial charge is 0.251 e. The van der Waals surface area contributed by atoms with Gasteiger partial charge in [0.25, 0.3) is 5.91 Å². The van der Waals surface area contributed by atoms with E-state index in [0.717, 1.165) is 5.56 Å². The van der Waals surface area contributed by atoms with Crippen molar-refractivity contribution in [1.29, 1.82) is 0 Å². The van der Waals surface area contributed by atoms with Crippen molar-refractivity contribution in [3.05, 3.63) is 83.8 Å². The van der Waals surface area contributed by atoms with Crippen molar-refractivity contribution in [3.63, 3.8) is 0 Å². The van der Waals surface area contributed by atoms with Crippen LogP contribution in [0.4, 0.5) is 0 Å². The molecule has 0 fully saturated rings. The molecule has 0 aliphatic heterocycles. The fourth-order valence-electron chi connectivity index (χ4n) is 3.01. The van der Waals surface area contributed by atoms with Gasteiger partial charge in [-0.3, -0.25) is 4.79 Å². The van der Waals surface area contributed by atoms with Crippen LogP contribution in [0.1, 0.15) is 21.7 Å². The number of carbonyl (C=O) groups excluding carboxylic acids is 1. The lowest BCUT2D eigenvalue weighted by molar-refractivity contribution is 0.0963. The van der Waals surface area contributed by atoms with Gasteiger partial charge >= 0.3 is 0 Å². The summed E-state index contributed by atoms with van der Waals surface area (Å²) in [6.45, 7) is 0.997. The van der Waals surface area contributed by atoms with E-state index in [9.17, 15) is 13.2 Å². The first-order chi connectivity index (χ1) is 15.4. The third-order valence-corrected chi connectivity index (χ3v) is 6.54. The van der Waals surface area contributed by atoms with Crippen molar-refractivity contribution in [1.82, 2.24) is 9.62 Å². The fraction of sp³-hybridized carbons (Fsp3) is 0.261. The maximum Gasteiger partial charge on any atom is 0.251 e. The van der Waals surface area contributed by atoms with Gasteiger partial charge in [-0.15, -0.1) is 0 Å². The van der Waals surface area contributed by atoms with Gasteiger partial charge in [-0.05, 0) is 54.1 Å². The number of benzene rings is 2. The third-order valence-electron chi connectivity index (χ3n) is 4.73. The van der Waals surface area contributed by atoms with E-state index in [1.807, 2.05) is 0 Å². The summed E-state index contributed by atoms with van der Waals surface area (Å²) in [6, 6.07) is 16.5. The average Bonchev–Trinajstić information content (AvgIpc) is 3.32. The number of amides is 1. The van der Waals surface area contributed by atoms with Crippen molar-refractivity contribution >= 4 is 15.9 Å². The van der Waals surface area contributed by atoms with Gasteiger partial charge in [0, 0.05) is 26.3 Å². The van der Waals surface area contributed by atoms with Crippen molar-refractivity contribution in [2.24, 2.45) is 0 Å². The maximum atomic E-state index is 13.4. The van der Waals surface area contributed by atoms with Gasteiger partial charge in [0.15, 0.2) is 0 Å². The Balaban J connectivity index is 1.83. The van der Waals surface area contributed by atoms with Crippen LogP contribution >= 0.6 is 0 Å². The molecule has 0 saturated heterocycles. The number of ether oxygens (including phenoxy) is 2. The SMILES string of the molecule is CNC(=O)c1ccc(CN(Cc2ccco2)S(=O)(=O)c2ccc(OCCOC)cc2)cc1. The molecule has 3 aromatic rings. The summed E-state index contributed by atoms with van der Waals surface area (Å²) in [5.41, 5.74) is 1.24. The van der Waals surface area contributed by atoms with E-state index in [0.29, 0.717) is 30.3 Å². The Kier molecular flexibility index (Phi) is 8.04. The molecule has 9 heteroatoms. The fourth-order valence-corrected chi connectivity index (χ4v) is 4.41. The molecule has 3 rings (SSSR count). The Labute approximate surface area is 187 Å². The summed E-state index contributed by atoms with van der Waals surface area (Å²) >= 11 is 0. The van der Waals surface area contributed by atoms with Crippen LogP contribution in [0.15, 0.2) is 76.2 Å². The Morgan fingerprint density at radius 2 is 1.72 bits per heavy atom. The number of rotatable bonds is 11. The number of nitrogens with zero attached hydrogens (tertiary/aromatic N) is 1. The summed E-state index contributed by atoms with van der Waals surface area (Å²) in [4.78, 5) is 11.9. The maximum absolute atomic E-state index is 13.4. The van der Waals surface area contributed by atoms with E-state index in [4.69, 9.17) is 13.9 Å². The summed E-state index contributed by atoms with van der Waals surface area (Å²) in [5.74, 6) is 0.878. The van der Waals surface area contributed by atoms with Gasteiger partial charge in [-0.2, -0.15) is 4.31 Å². The van der Waals surface area contributed by atoms with Gasteiger partial charge in [-0.1, -0.05) is 12.1 Å². The number of furan rings is 1. The highest BCUT2D eigenvalue weighted by Crippen LogP contribution is 2.24. The van der Waals surface area contributed by atoms with E-state index in [-0.39, 0.29) is 23.9 Å². The number of sulfonamides is 1. The second-order valence-electron chi connectivity index (χ2n) is 6.94. The number of carbonyl (C=O) groups is 1. The topological polar surface area (TPSA) is 98.1 Å². The molecule has 0 aliphatic carbocycles. The standard InChI is InChI=1S/C23H26N2O6S/c1-24-23(26)19-7-5-18(6-8-19)16-25(17-21-4-3-13-30-21)32(27,28)22-11-9-20(10-12-22)31-15-14-29-2/h3-13H,14-17H2,1-2H3,(H,24,26). The van der Waals surface area contributed by atoms with Crippen LogP contribution in [0, 0.1) is 0 Å². The third kappa shape index (κ3) is 5.97. The molecule has 32 heavy (non-hydrogen) atoms. The van der Waals surface area contributed by atoms with Gasteiger partial charge in [-0.25, -0.2) is 8.42 Å². The zero-order valence-electron chi connectivity index (χ0n) is 18.0. The molecule has 1 aromatic heterocycles. The van der Waals surface area contributed by atoms with Crippen LogP contribution in [-0.2, 0) is 27.8 Å². The minimum absolute atomic E-state index is 0.0681. The van der Waals surface area contributed by atoms with Gasteiger partial charge in [0.05, 0.1) is 24.3 Å². The monoisotopic (exact) mass is 458 g/mol. The van der Waals surface area contributed by atoms with E-state index in [2.05, 4.69) is 5.32 Å². The minimum atomic E-state index is -3.83. The first-order valence-electron chi connectivity index (χ1n) is 9.99. The predicted octanol–water partition coefficient (Wildman–Crippen LogP) is 3.06. The molecule has 0 radical (unpaired) electrons. The van der Waals surface area contributed by atoms with Gasteiger partial charge in [0.2, 0.25) is 10.0 Å². The van der Waals surface area contributed by atoms with E-state index < -0.39 is 10.0 Å². The van der Waals surface area contributed by atoms with Crippen molar-refractivity contribution in [2.45, 2.75) is 18.0 Å². The van der Waals surface area contributed by atoms with Crippen molar-refractivity contribution in [2.75, 3.05) is 27.4 Å². The Morgan fingerprint density at radius 1 is 1.00 bits per heavy atom. The van der Waals surface area contributed by atoms with Crippen LogP contribution < -0.4 is 10.1 Å². The second-order valence-corrected chi connectivity index (χ2v) is 8.88. The van der Waals surface area contributed by atoms with Crippen molar-refractivity contribution < 1.29 is 27.1 Å². The highest BCUT2D eigenvalue weighted by molar-refractivity contribution is 7.89. The molecule has 170 valence electrons. The van der Waals surface area contributed by atoms with E-state index >= 15 is 0 Å². The lowest BCUT2D eigenvalue weighted by Gasteiger charge is -2.22. The summed E-state index contributed by atoms with van der Waals surface area (Å²) < 4.78 is 44.0. The molecule has 0 unspecified atom stereocenters. The summed E-state index contributed by atoms with van der Waals surface area (Å²) in [7, 11) is -0.695. The van der Waals surface area contributed by atoms with E-state index in [1.54, 1.807) is 62.7 Å². The first kappa shape index (κ1) is 23.5. The molecular weight excluding hydrogens is 432 g/mol. The largest absolute Gasteiger partial charge is 0.491 e. The number of nitrogens with one attached hydrogen (secondary N) is 1. The van der Waals surface area contributed by atoms with Crippen molar-refractivity contribution in [3.8, 4) is 5.75 Å². The highest BCUT2D eigenvalue weighted by Gasteiger charge is 2.26. The highest BCUT2D eigenvalue weighted by atomic mass is 32.2. The Morgan fingerprint density at radius 3 is 2.31 bits per heavy atom. The summed E-state index contributed by atoms with van der Waals surface area (Å²) in [6.07, 6.45) is 1.50. The predicted molar refractivity (Wildman–Crippen MR) is 119 cm³/mol. The zero-order chi connectivity index (χ0) is 23.0. The Bertz CT molecular complexity index is 1090. The van der Waals surface area contributed by atoms with Crippen LogP contribution in [0.5, 0.6) is 5.75 Å². The van der Waals surface area contributed by atoms with Crippen LogP contribution in [0.3, 0.4) is 0 Å². The van der Waals surface area contributed by atoms with Crippen LogP contribution in [-0.4, -0.2) is 46.0 Å². The molecule has 0 saturated carbocycles. The Hall–Kier alpha value is -3.14. The van der Waals surface area contributed by atoms with Gasteiger partial charge < -0.3 is 19.2 Å². The molecule has 2 aromatic carbocycles. The van der Waals surface area contributed by atoms with Crippen LogP contribution in [0.2, 0.25) is 0 Å². The molecule has 0 bridgehead atoms. The molecule has 1 amide bonds. The normalized spacial score (nSPS) is 11.5. The zero-order valence-corrected chi connectivity index (χ0v) is 18.8. The lowest BCUT2D eigenvalue weighted by Crippen LogP contribution is -2.30. The quantitative estimate of drug-likeness (QED) is 0.444. The molecule has 0 spiro atoms. The average molecular weight is 459 g/mol. The molecule has 1 N–H and O–H groups in total.